The van der Waals surface area contributed by atoms with Gasteiger partial charge >= 0.3 is 0 Å². The molecule has 0 nitrogen and oxygen atoms in total. The molecular formula is C26H20Cl2. The minimum absolute atomic E-state index is 0.790. The summed E-state index contributed by atoms with van der Waals surface area (Å²) in [5.41, 5.74) is 3.19. The van der Waals surface area contributed by atoms with Crippen molar-refractivity contribution in [3.05, 3.63) is 144 Å². The minimum atomic E-state index is -1.24. The maximum atomic E-state index is 7.35. The summed E-state index contributed by atoms with van der Waals surface area (Å²) in [5.74, 6) is 0. The van der Waals surface area contributed by atoms with Crippen LogP contribution in [0.5, 0.6) is 0 Å². The topological polar surface area (TPSA) is 0 Å². The van der Waals surface area contributed by atoms with Crippen LogP contribution in [0, 0.1) is 0 Å². The summed E-state index contributed by atoms with van der Waals surface area (Å²) in [5, 5.41) is 0. The molecule has 2 heteroatoms. The van der Waals surface area contributed by atoms with Crippen molar-refractivity contribution < 1.29 is 0 Å². The van der Waals surface area contributed by atoms with Gasteiger partial charge in [-0.2, -0.15) is 0 Å². The second-order valence-electron chi connectivity index (χ2n) is 6.79. The predicted octanol–water partition coefficient (Wildman–Crippen LogP) is 7.35. The summed E-state index contributed by atoms with van der Waals surface area (Å²) in [6.45, 7) is 0. The lowest BCUT2D eigenvalue weighted by molar-refractivity contribution is 0.544. The van der Waals surface area contributed by atoms with E-state index in [0.29, 0.717) is 0 Å². The molecule has 0 aromatic heterocycles. The Hall–Kier alpha value is -2.54. The van der Waals surface area contributed by atoms with Crippen molar-refractivity contribution in [1.29, 1.82) is 0 Å². The summed E-state index contributed by atoms with van der Waals surface area (Å²) in [6, 6.07) is 40.7. The van der Waals surface area contributed by atoms with Gasteiger partial charge in [0.2, 0.25) is 0 Å². The molecule has 0 amide bonds. The fourth-order valence-corrected chi connectivity index (χ4v) is 4.88. The Bertz CT molecular complexity index is 914. The molecule has 0 spiro atoms. The van der Waals surface area contributed by atoms with Gasteiger partial charge in [0, 0.05) is 0 Å². The van der Waals surface area contributed by atoms with Crippen molar-refractivity contribution in [1.82, 2.24) is 0 Å². The molecule has 0 radical (unpaired) electrons. The third-order valence-electron chi connectivity index (χ3n) is 5.23. The second kappa shape index (κ2) is 7.83. The first-order valence-electron chi connectivity index (χ1n) is 9.27. The van der Waals surface area contributed by atoms with E-state index in [-0.39, 0.29) is 0 Å². The molecule has 4 aromatic rings. The molecule has 4 aromatic carbocycles. The predicted molar refractivity (Wildman–Crippen MR) is 119 cm³/mol. The van der Waals surface area contributed by atoms with E-state index in [1.807, 2.05) is 84.9 Å². The minimum Gasteiger partial charge on any atom is -0.0945 e. The van der Waals surface area contributed by atoms with Crippen LogP contribution in [0.3, 0.4) is 0 Å². The molecule has 4 rings (SSSR count). The first kappa shape index (κ1) is 18.8. The molecule has 0 saturated heterocycles. The molecule has 28 heavy (non-hydrogen) atoms. The van der Waals surface area contributed by atoms with E-state index in [1.165, 1.54) is 0 Å². The monoisotopic (exact) mass is 402 g/mol. The van der Waals surface area contributed by atoms with Crippen LogP contribution in [0.4, 0.5) is 0 Å². The average Bonchev–Trinajstić information content (AvgIpc) is 2.77. The number of benzene rings is 4. The normalized spacial score (nSPS) is 11.9. The molecule has 0 aliphatic heterocycles. The second-order valence-corrected chi connectivity index (χ2v) is 8.12. The van der Waals surface area contributed by atoms with E-state index in [9.17, 15) is 0 Å². The highest BCUT2D eigenvalue weighted by Gasteiger charge is 2.54. The van der Waals surface area contributed by atoms with E-state index >= 15 is 0 Å². The Balaban J connectivity index is 2.14. The lowest BCUT2D eigenvalue weighted by Crippen LogP contribution is -2.44. The van der Waals surface area contributed by atoms with Crippen molar-refractivity contribution in [2.45, 2.75) is 9.75 Å². The van der Waals surface area contributed by atoms with Crippen LogP contribution in [0.1, 0.15) is 22.3 Å². The highest BCUT2D eigenvalue weighted by atomic mass is 35.5. The first-order valence-corrected chi connectivity index (χ1v) is 10.0. The summed E-state index contributed by atoms with van der Waals surface area (Å²) >= 11 is 14.7. The molecule has 138 valence electrons. The molecule has 0 aliphatic rings. The molecule has 0 unspecified atom stereocenters. The van der Waals surface area contributed by atoms with Crippen molar-refractivity contribution in [2.24, 2.45) is 0 Å². The number of alkyl halides is 2. The Kier molecular flexibility index (Phi) is 5.26. The van der Waals surface area contributed by atoms with Gasteiger partial charge in [-0.15, -0.1) is 0 Å². The zero-order valence-corrected chi connectivity index (χ0v) is 16.8. The lowest BCUT2D eigenvalue weighted by atomic mass is 9.65. The number of hydrogen-bond acceptors (Lipinski definition) is 0. The molecule has 0 saturated carbocycles. The number of halogens is 2. The standard InChI is InChI=1S/C26H20Cl2/c27-26(28,24-19-11-4-12-20-24)25(21-13-5-1-6-14-21,22-15-7-2-8-16-22)23-17-9-3-10-18-23/h1-20H. The Morgan fingerprint density at radius 1 is 0.357 bits per heavy atom. The third kappa shape index (κ3) is 3.03. The van der Waals surface area contributed by atoms with Crippen LogP contribution >= 0.6 is 23.2 Å². The smallest absolute Gasteiger partial charge is 0.0945 e. The lowest BCUT2D eigenvalue weighted by Gasteiger charge is -2.45. The highest BCUT2D eigenvalue weighted by Crippen LogP contribution is 2.58. The maximum absolute atomic E-state index is 7.35. The molecule has 0 atom stereocenters. The van der Waals surface area contributed by atoms with Gasteiger partial charge in [-0.25, -0.2) is 0 Å². The van der Waals surface area contributed by atoms with E-state index < -0.39 is 9.75 Å². The van der Waals surface area contributed by atoms with Crippen LogP contribution in [-0.4, -0.2) is 0 Å². The van der Waals surface area contributed by atoms with Gasteiger partial charge < -0.3 is 0 Å². The number of hydrogen-bond donors (Lipinski definition) is 0. The zero-order chi connectivity index (χ0) is 19.5. The van der Waals surface area contributed by atoms with E-state index in [2.05, 4.69) is 36.4 Å². The van der Waals surface area contributed by atoms with Crippen LogP contribution in [0.15, 0.2) is 121 Å². The summed E-state index contributed by atoms with van der Waals surface area (Å²) < 4.78 is -1.24. The first-order chi connectivity index (χ1) is 13.7. The van der Waals surface area contributed by atoms with Crippen LogP contribution in [-0.2, 0) is 9.75 Å². The number of rotatable bonds is 5. The zero-order valence-electron chi connectivity index (χ0n) is 15.3. The van der Waals surface area contributed by atoms with Crippen molar-refractivity contribution in [3.8, 4) is 0 Å². The Morgan fingerprint density at radius 3 is 0.893 bits per heavy atom. The highest BCUT2D eigenvalue weighted by molar-refractivity contribution is 6.49. The fourth-order valence-electron chi connectivity index (χ4n) is 3.97. The van der Waals surface area contributed by atoms with E-state index in [0.717, 1.165) is 22.3 Å². The Morgan fingerprint density at radius 2 is 0.607 bits per heavy atom. The van der Waals surface area contributed by atoms with Gasteiger partial charge in [0.05, 0.1) is 5.41 Å². The average molecular weight is 403 g/mol. The summed E-state index contributed by atoms with van der Waals surface area (Å²) in [6.07, 6.45) is 0. The SMILES string of the molecule is ClC(Cl)(c1ccccc1)C(c1ccccc1)(c1ccccc1)c1ccccc1. The van der Waals surface area contributed by atoms with Crippen molar-refractivity contribution in [3.63, 3.8) is 0 Å². The molecule has 0 N–H and O–H groups in total. The van der Waals surface area contributed by atoms with Crippen LogP contribution < -0.4 is 0 Å². The quantitative estimate of drug-likeness (QED) is 0.241. The third-order valence-corrected chi connectivity index (χ3v) is 6.23. The fraction of sp³-hybridized carbons (Fsp3) is 0.0769. The molecule has 0 fully saturated rings. The van der Waals surface area contributed by atoms with Gasteiger partial charge in [-0.1, -0.05) is 145 Å². The molecule has 0 aliphatic carbocycles. The van der Waals surface area contributed by atoms with Gasteiger partial charge in [-0.3, -0.25) is 0 Å². The van der Waals surface area contributed by atoms with Crippen LogP contribution in [0.25, 0.3) is 0 Å². The van der Waals surface area contributed by atoms with Crippen LogP contribution in [0.2, 0.25) is 0 Å². The summed E-state index contributed by atoms with van der Waals surface area (Å²) in [7, 11) is 0. The molecule has 0 bridgehead atoms. The van der Waals surface area contributed by atoms with Gasteiger partial charge in [0.1, 0.15) is 0 Å². The maximum Gasteiger partial charge on any atom is 0.160 e. The largest absolute Gasteiger partial charge is 0.160 e. The van der Waals surface area contributed by atoms with Gasteiger partial charge in [0.25, 0.3) is 0 Å². The van der Waals surface area contributed by atoms with E-state index in [4.69, 9.17) is 23.2 Å². The molecule has 0 heterocycles. The van der Waals surface area contributed by atoms with Crippen molar-refractivity contribution in [2.75, 3.05) is 0 Å². The molecular weight excluding hydrogens is 383 g/mol. The van der Waals surface area contributed by atoms with E-state index in [1.54, 1.807) is 0 Å². The van der Waals surface area contributed by atoms with Crippen molar-refractivity contribution >= 4 is 23.2 Å². The Labute approximate surface area is 176 Å². The van der Waals surface area contributed by atoms with Gasteiger partial charge in [-0.05, 0) is 22.3 Å². The van der Waals surface area contributed by atoms with Gasteiger partial charge in [0.15, 0.2) is 4.33 Å². The summed E-state index contributed by atoms with van der Waals surface area (Å²) in [4.78, 5) is 0.